The van der Waals surface area contributed by atoms with Crippen LogP contribution in [0, 0.1) is 6.92 Å². The molecule has 1 atom stereocenters. The average Bonchev–Trinajstić information content (AvgIpc) is 3.30. The number of primary amides is 1. The first-order valence-corrected chi connectivity index (χ1v) is 7.96. The van der Waals surface area contributed by atoms with Crippen molar-refractivity contribution in [1.82, 2.24) is 24.8 Å². The van der Waals surface area contributed by atoms with E-state index in [1.165, 1.54) is 29.4 Å². The summed E-state index contributed by atoms with van der Waals surface area (Å²) in [5.41, 5.74) is 5.21. The minimum absolute atomic E-state index is 0.0184. The number of ketones is 1. The number of furan rings is 1. The molecule has 0 radical (unpaired) electrons. The Morgan fingerprint density at radius 3 is 2.59 bits per heavy atom. The maximum Gasteiger partial charge on any atom is 0.287 e. The van der Waals surface area contributed by atoms with Crippen LogP contribution < -0.4 is 11.1 Å². The van der Waals surface area contributed by atoms with Gasteiger partial charge >= 0.3 is 0 Å². The summed E-state index contributed by atoms with van der Waals surface area (Å²) in [7, 11) is 0. The molecule has 27 heavy (non-hydrogen) atoms. The van der Waals surface area contributed by atoms with Gasteiger partial charge in [-0.15, -0.1) is 0 Å². The maximum atomic E-state index is 12.8. The molecule has 10 nitrogen and oxygen atoms in total. The van der Waals surface area contributed by atoms with Crippen LogP contribution in [0.5, 0.6) is 0 Å². The van der Waals surface area contributed by atoms with Gasteiger partial charge in [-0.2, -0.15) is 0 Å². The Labute approximate surface area is 153 Å². The molecule has 10 heteroatoms. The molecule has 0 saturated heterocycles. The van der Waals surface area contributed by atoms with Crippen molar-refractivity contribution < 1.29 is 18.8 Å². The highest BCUT2D eigenvalue weighted by Crippen LogP contribution is 2.12. The van der Waals surface area contributed by atoms with Crippen molar-refractivity contribution in [2.24, 2.45) is 5.73 Å². The molecule has 3 N–H and O–H groups in total. The van der Waals surface area contributed by atoms with Crippen molar-refractivity contribution in [3.63, 3.8) is 0 Å². The fourth-order valence-electron chi connectivity index (χ4n) is 2.51. The number of amides is 2. The van der Waals surface area contributed by atoms with Gasteiger partial charge in [-0.3, -0.25) is 19.0 Å². The van der Waals surface area contributed by atoms with Crippen LogP contribution in [0.1, 0.15) is 22.1 Å². The molecule has 2 amide bonds. The van der Waals surface area contributed by atoms with Gasteiger partial charge in [-0.25, -0.2) is 15.0 Å². The quantitative estimate of drug-likeness (QED) is 0.556. The van der Waals surface area contributed by atoms with E-state index in [2.05, 4.69) is 20.3 Å². The summed E-state index contributed by atoms with van der Waals surface area (Å²) in [6.45, 7) is 1.68. The minimum atomic E-state index is -1.18. The van der Waals surface area contributed by atoms with Crippen molar-refractivity contribution in [2.45, 2.75) is 19.4 Å². The molecule has 0 saturated carbocycles. The zero-order valence-electron chi connectivity index (χ0n) is 14.3. The third-order valence-corrected chi connectivity index (χ3v) is 3.77. The molecule has 0 aliphatic heterocycles. The van der Waals surface area contributed by atoms with Gasteiger partial charge in [-0.1, -0.05) is 0 Å². The first-order chi connectivity index (χ1) is 13.0. The van der Waals surface area contributed by atoms with Gasteiger partial charge in [0.25, 0.3) is 11.8 Å². The van der Waals surface area contributed by atoms with Gasteiger partial charge < -0.3 is 15.5 Å². The Morgan fingerprint density at radius 2 is 1.96 bits per heavy atom. The monoisotopic (exact) mass is 368 g/mol. The molecule has 138 valence electrons. The number of hydrogen-bond donors (Lipinski definition) is 2. The molecule has 0 spiro atoms. The third-order valence-electron chi connectivity index (χ3n) is 3.77. The number of aromatic nitrogens is 4. The molecule has 0 fully saturated rings. The fraction of sp³-hybridized carbons (Fsp3) is 0.176. The van der Waals surface area contributed by atoms with Crippen LogP contribution in [0.3, 0.4) is 0 Å². The highest BCUT2D eigenvalue weighted by Gasteiger charge is 2.28. The molecular weight excluding hydrogens is 352 g/mol. The van der Waals surface area contributed by atoms with E-state index in [1.807, 2.05) is 0 Å². The molecule has 0 aliphatic carbocycles. The molecule has 1 unspecified atom stereocenters. The topological polar surface area (TPSA) is 146 Å². The molecule has 0 bridgehead atoms. The van der Waals surface area contributed by atoms with E-state index in [0.29, 0.717) is 11.6 Å². The van der Waals surface area contributed by atoms with Crippen molar-refractivity contribution in [2.75, 3.05) is 0 Å². The Kier molecular flexibility index (Phi) is 5.06. The molecule has 3 aromatic rings. The van der Waals surface area contributed by atoms with E-state index in [-0.39, 0.29) is 18.1 Å². The van der Waals surface area contributed by atoms with Crippen LogP contribution in [0.4, 0.5) is 0 Å². The first kappa shape index (κ1) is 18.0. The Bertz CT molecular complexity index is 965. The highest BCUT2D eigenvalue weighted by atomic mass is 16.3. The number of nitrogens with two attached hydrogens (primary N) is 1. The Hall–Kier alpha value is -3.82. The number of nitrogens with one attached hydrogen (secondary N) is 1. The maximum absolute atomic E-state index is 12.8. The van der Waals surface area contributed by atoms with Crippen LogP contribution in [0.15, 0.2) is 47.5 Å². The first-order valence-electron chi connectivity index (χ1n) is 7.96. The second-order valence-electron chi connectivity index (χ2n) is 5.61. The number of rotatable bonds is 7. The van der Waals surface area contributed by atoms with Crippen LogP contribution >= 0.6 is 0 Å². The summed E-state index contributed by atoms with van der Waals surface area (Å²) < 4.78 is 6.62. The second-order valence-corrected chi connectivity index (χ2v) is 5.61. The molecule has 0 aromatic carbocycles. The molecule has 3 rings (SSSR count). The number of nitrogens with zero attached hydrogens (tertiary/aromatic N) is 4. The number of carbonyl (C=O) groups is 3. The average molecular weight is 368 g/mol. The number of aryl methyl sites for hydroxylation is 1. The Morgan fingerprint density at radius 1 is 1.22 bits per heavy atom. The van der Waals surface area contributed by atoms with Gasteiger partial charge in [0, 0.05) is 18.8 Å². The molecule has 3 aromatic heterocycles. The summed E-state index contributed by atoms with van der Waals surface area (Å²) in [5, 5.41) is 2.51. The van der Waals surface area contributed by atoms with E-state index >= 15 is 0 Å². The summed E-state index contributed by atoms with van der Waals surface area (Å²) in [5.74, 6) is -1.56. The lowest BCUT2D eigenvalue weighted by molar-refractivity contribution is -0.137. The van der Waals surface area contributed by atoms with Crippen molar-refractivity contribution >= 4 is 17.6 Å². The van der Waals surface area contributed by atoms with Gasteiger partial charge in [0.2, 0.25) is 11.7 Å². The number of imidazole rings is 1. The summed E-state index contributed by atoms with van der Waals surface area (Å²) in [4.78, 5) is 48.5. The molecular formula is C17H16N6O4. The number of carbonyl (C=O) groups excluding carboxylic acids is 3. The predicted octanol–water partition coefficient (Wildman–Crippen LogP) is -0.0408. The zero-order chi connectivity index (χ0) is 19.4. The van der Waals surface area contributed by atoms with Crippen molar-refractivity contribution in [3.8, 4) is 5.95 Å². The summed E-state index contributed by atoms with van der Waals surface area (Å²) in [6.07, 6.45) is 5.79. The van der Waals surface area contributed by atoms with Crippen LogP contribution in [0.25, 0.3) is 5.95 Å². The smallest absolute Gasteiger partial charge is 0.287 e. The minimum Gasteiger partial charge on any atom is -0.469 e. The summed E-state index contributed by atoms with van der Waals surface area (Å²) in [6, 6.07) is 3.72. The van der Waals surface area contributed by atoms with Gasteiger partial charge in [0.1, 0.15) is 23.3 Å². The van der Waals surface area contributed by atoms with E-state index < -0.39 is 23.6 Å². The third kappa shape index (κ3) is 3.89. The highest BCUT2D eigenvalue weighted by molar-refractivity contribution is 6.38. The SMILES string of the molecule is Cc1ncc(C(=O)NC(Cc2ccco2)C(=O)C(N)=O)n1-c1ncccn1. The number of Topliss-reactive ketones (excluding diaryl/α,β-unsaturated/α-hetero) is 1. The van der Waals surface area contributed by atoms with Gasteiger partial charge in [0.15, 0.2) is 0 Å². The summed E-state index contributed by atoms with van der Waals surface area (Å²) >= 11 is 0. The van der Waals surface area contributed by atoms with Crippen LogP contribution in [0.2, 0.25) is 0 Å². The Balaban J connectivity index is 1.88. The fourth-order valence-corrected chi connectivity index (χ4v) is 2.51. The standard InChI is InChI=1S/C17H16N6O4/c1-10-21-9-13(23(10)17-19-5-3-6-20-17)16(26)22-12(14(24)15(18)25)8-11-4-2-7-27-11/h2-7,9,12H,8H2,1H3,(H2,18,25)(H,22,26). The lowest BCUT2D eigenvalue weighted by atomic mass is 10.1. The lowest BCUT2D eigenvalue weighted by Crippen LogP contribution is -2.47. The van der Waals surface area contributed by atoms with Gasteiger partial charge in [-0.05, 0) is 25.1 Å². The normalized spacial score (nSPS) is 11.7. The van der Waals surface area contributed by atoms with E-state index in [9.17, 15) is 14.4 Å². The van der Waals surface area contributed by atoms with Crippen LogP contribution in [-0.4, -0.2) is 43.2 Å². The van der Waals surface area contributed by atoms with E-state index in [1.54, 1.807) is 25.1 Å². The van der Waals surface area contributed by atoms with Gasteiger partial charge in [0.05, 0.1) is 12.5 Å². The molecule has 0 aliphatic rings. The zero-order valence-corrected chi connectivity index (χ0v) is 14.3. The lowest BCUT2D eigenvalue weighted by Gasteiger charge is -2.15. The van der Waals surface area contributed by atoms with E-state index in [4.69, 9.17) is 10.2 Å². The van der Waals surface area contributed by atoms with E-state index in [0.717, 1.165) is 0 Å². The predicted molar refractivity (Wildman–Crippen MR) is 91.8 cm³/mol. The largest absolute Gasteiger partial charge is 0.469 e. The van der Waals surface area contributed by atoms with Crippen LogP contribution in [-0.2, 0) is 16.0 Å². The second kappa shape index (κ2) is 7.60. The van der Waals surface area contributed by atoms with Crippen molar-refractivity contribution in [3.05, 3.63) is 60.3 Å². The molecule has 3 heterocycles. The van der Waals surface area contributed by atoms with Crippen molar-refractivity contribution in [1.29, 1.82) is 0 Å². The number of hydrogen-bond acceptors (Lipinski definition) is 7.